The summed E-state index contributed by atoms with van der Waals surface area (Å²) in [5.41, 5.74) is 1.41. The van der Waals surface area contributed by atoms with Crippen molar-refractivity contribution in [2.75, 3.05) is 10.2 Å². The third-order valence-corrected chi connectivity index (χ3v) is 7.18. The number of aliphatic carboxylic acids is 1. The topological polar surface area (TPSA) is 164 Å². The molecule has 2 aromatic heterocycles. The highest BCUT2D eigenvalue weighted by Gasteiger charge is 2.42. The maximum Gasteiger partial charge on any atom is 0.327 e. The Morgan fingerprint density at radius 2 is 1.74 bits per heavy atom. The minimum atomic E-state index is -1.23. The summed E-state index contributed by atoms with van der Waals surface area (Å²) in [7, 11) is 0. The van der Waals surface area contributed by atoms with Crippen LogP contribution in [0.5, 0.6) is 0 Å². The number of hydrogen-bond donors (Lipinski definition) is 3. The lowest BCUT2D eigenvalue weighted by Crippen LogP contribution is -2.56. The summed E-state index contributed by atoms with van der Waals surface area (Å²) in [6, 6.07) is 10.9. The van der Waals surface area contributed by atoms with E-state index in [0.717, 1.165) is 10.5 Å². The van der Waals surface area contributed by atoms with E-state index in [-0.39, 0.29) is 43.6 Å². The Bertz CT molecular complexity index is 1390. The third-order valence-electron chi connectivity index (χ3n) is 7.18. The van der Waals surface area contributed by atoms with Crippen LogP contribution in [0.15, 0.2) is 67.1 Å². The van der Waals surface area contributed by atoms with E-state index < -0.39 is 41.9 Å². The van der Waals surface area contributed by atoms with Crippen LogP contribution in [0.3, 0.4) is 0 Å². The number of carbonyl (C=O) groups excluding carboxylic acids is 3. The van der Waals surface area contributed by atoms with Crippen molar-refractivity contribution in [1.82, 2.24) is 20.3 Å². The summed E-state index contributed by atoms with van der Waals surface area (Å²) in [4.78, 5) is 66.1. The molecule has 3 aromatic rings. The first-order chi connectivity index (χ1) is 20.3. The van der Waals surface area contributed by atoms with Crippen LogP contribution in [0.2, 0.25) is 0 Å². The zero-order valence-corrected chi connectivity index (χ0v) is 23.5. The second-order valence-corrected chi connectivity index (χ2v) is 10.1. The second kappa shape index (κ2) is 14.2. The number of carbonyl (C=O) groups is 4. The number of carboxylic acid groups (broad SMARTS) is 1. The minimum Gasteiger partial charge on any atom is -0.480 e. The standard InChI is InChI=1S/C30H34N6O6/c1-3-19(2)25(35-30-32-15-8-16-33-30)27(38)34-22(12-13-24(37)42-18-20-9-5-4-6-10-20)28(39)36-23(29(40)41)17-21-11-7-14-31-26(21)36/h4-11,14-16,19,22-23,25H,3,12-13,17-18H2,1-2H3,(H,34,38)(H,40,41)(H,32,33,35)/t19-,22?,23?,25-/m0/s1. The van der Waals surface area contributed by atoms with Gasteiger partial charge >= 0.3 is 11.9 Å². The molecule has 1 aliphatic heterocycles. The van der Waals surface area contributed by atoms with Crippen molar-refractivity contribution in [2.24, 2.45) is 5.92 Å². The van der Waals surface area contributed by atoms with E-state index in [1.807, 2.05) is 44.2 Å². The maximum atomic E-state index is 14.0. The molecule has 0 saturated carbocycles. The minimum absolute atomic E-state index is 0.0617. The van der Waals surface area contributed by atoms with Gasteiger partial charge in [0.15, 0.2) is 0 Å². The molecule has 12 heteroatoms. The molecule has 1 aliphatic rings. The summed E-state index contributed by atoms with van der Waals surface area (Å²) in [6.07, 6.45) is 4.96. The average Bonchev–Trinajstić information content (AvgIpc) is 3.41. The molecule has 0 saturated heterocycles. The van der Waals surface area contributed by atoms with Gasteiger partial charge in [0.1, 0.15) is 30.6 Å². The number of pyridine rings is 1. The van der Waals surface area contributed by atoms with Crippen molar-refractivity contribution in [3.63, 3.8) is 0 Å². The number of nitrogens with one attached hydrogen (secondary N) is 2. The van der Waals surface area contributed by atoms with Crippen molar-refractivity contribution in [3.8, 4) is 0 Å². The lowest BCUT2D eigenvalue weighted by molar-refractivity contribution is -0.146. The van der Waals surface area contributed by atoms with E-state index in [4.69, 9.17) is 4.74 Å². The Kier molecular flexibility index (Phi) is 10.1. The number of benzene rings is 1. The molecule has 2 unspecified atom stereocenters. The highest BCUT2D eigenvalue weighted by Crippen LogP contribution is 2.31. The Morgan fingerprint density at radius 3 is 2.43 bits per heavy atom. The molecule has 0 aliphatic carbocycles. The number of amides is 2. The Balaban J connectivity index is 1.56. The van der Waals surface area contributed by atoms with Gasteiger partial charge in [-0.25, -0.2) is 19.7 Å². The van der Waals surface area contributed by atoms with Crippen LogP contribution in [0.1, 0.15) is 44.2 Å². The number of nitrogens with zero attached hydrogens (tertiary/aromatic N) is 4. The van der Waals surface area contributed by atoms with Gasteiger partial charge in [0.05, 0.1) is 0 Å². The molecule has 0 fully saturated rings. The number of aromatic nitrogens is 3. The van der Waals surface area contributed by atoms with Crippen molar-refractivity contribution in [3.05, 3.63) is 78.2 Å². The van der Waals surface area contributed by atoms with Crippen molar-refractivity contribution in [2.45, 2.75) is 64.3 Å². The molecule has 0 bridgehead atoms. The Hall–Kier alpha value is -4.87. The molecule has 1 aromatic carbocycles. The summed E-state index contributed by atoms with van der Waals surface area (Å²) in [5.74, 6) is -2.67. The smallest absolute Gasteiger partial charge is 0.327 e. The number of ether oxygens (including phenoxy) is 1. The fourth-order valence-corrected chi connectivity index (χ4v) is 4.68. The molecule has 3 N–H and O–H groups in total. The van der Waals surface area contributed by atoms with Gasteiger partial charge in [-0.3, -0.25) is 19.3 Å². The van der Waals surface area contributed by atoms with Crippen LogP contribution in [-0.2, 0) is 36.9 Å². The summed E-state index contributed by atoms with van der Waals surface area (Å²) < 4.78 is 5.37. The average molecular weight is 575 g/mol. The molecular formula is C30H34N6O6. The van der Waals surface area contributed by atoms with Crippen LogP contribution < -0.4 is 15.5 Å². The molecule has 2 amide bonds. The lowest BCUT2D eigenvalue weighted by Gasteiger charge is -2.30. The van der Waals surface area contributed by atoms with E-state index in [2.05, 4.69) is 25.6 Å². The van der Waals surface area contributed by atoms with Crippen LogP contribution in [0.25, 0.3) is 0 Å². The second-order valence-electron chi connectivity index (χ2n) is 10.1. The van der Waals surface area contributed by atoms with Gasteiger partial charge in [-0.1, -0.05) is 56.7 Å². The molecule has 4 rings (SSSR count). The number of carboxylic acids is 1. The lowest BCUT2D eigenvalue weighted by atomic mass is 9.97. The van der Waals surface area contributed by atoms with Crippen LogP contribution >= 0.6 is 0 Å². The number of esters is 1. The van der Waals surface area contributed by atoms with E-state index in [1.165, 1.54) is 18.6 Å². The van der Waals surface area contributed by atoms with Gasteiger partial charge in [-0.05, 0) is 35.6 Å². The predicted octanol–water partition coefficient (Wildman–Crippen LogP) is 2.75. The van der Waals surface area contributed by atoms with Gasteiger partial charge in [0.2, 0.25) is 11.9 Å². The van der Waals surface area contributed by atoms with Gasteiger partial charge < -0.3 is 20.5 Å². The number of hydrogen-bond acceptors (Lipinski definition) is 9. The first kappa shape index (κ1) is 30.1. The van der Waals surface area contributed by atoms with Crippen molar-refractivity contribution >= 4 is 35.5 Å². The third kappa shape index (κ3) is 7.45. The normalized spacial score (nSPS) is 16.0. The van der Waals surface area contributed by atoms with Gasteiger partial charge in [0, 0.05) is 31.4 Å². The van der Waals surface area contributed by atoms with Crippen LogP contribution in [0.4, 0.5) is 11.8 Å². The molecule has 220 valence electrons. The summed E-state index contributed by atoms with van der Waals surface area (Å²) in [6.45, 7) is 3.86. The zero-order valence-electron chi connectivity index (χ0n) is 23.5. The molecule has 4 atom stereocenters. The van der Waals surface area contributed by atoms with Gasteiger partial charge in [-0.2, -0.15) is 0 Å². The van der Waals surface area contributed by atoms with E-state index in [9.17, 15) is 24.3 Å². The van der Waals surface area contributed by atoms with Crippen LogP contribution in [0, 0.1) is 5.92 Å². The number of fused-ring (bicyclic) bond motifs is 1. The molecule has 42 heavy (non-hydrogen) atoms. The first-order valence-electron chi connectivity index (χ1n) is 13.8. The summed E-state index contributed by atoms with van der Waals surface area (Å²) >= 11 is 0. The first-order valence-corrected chi connectivity index (χ1v) is 13.8. The van der Waals surface area contributed by atoms with E-state index in [0.29, 0.717) is 12.0 Å². The molecule has 12 nitrogen and oxygen atoms in total. The van der Waals surface area contributed by atoms with Crippen LogP contribution in [-0.4, -0.2) is 61.9 Å². The van der Waals surface area contributed by atoms with Crippen molar-refractivity contribution < 1.29 is 29.0 Å². The fraction of sp³-hybridized carbons (Fsp3) is 0.367. The summed E-state index contributed by atoms with van der Waals surface area (Å²) in [5, 5.41) is 15.7. The molecular weight excluding hydrogens is 540 g/mol. The largest absolute Gasteiger partial charge is 0.480 e. The van der Waals surface area contributed by atoms with E-state index >= 15 is 0 Å². The maximum absolute atomic E-state index is 14.0. The molecule has 0 spiro atoms. The van der Waals surface area contributed by atoms with Gasteiger partial charge in [-0.15, -0.1) is 0 Å². The molecule has 0 radical (unpaired) electrons. The Labute approximate surface area is 243 Å². The monoisotopic (exact) mass is 574 g/mol. The fourth-order valence-electron chi connectivity index (χ4n) is 4.68. The number of anilines is 2. The zero-order chi connectivity index (χ0) is 30.1. The quantitative estimate of drug-likeness (QED) is 0.259. The predicted molar refractivity (Wildman–Crippen MR) is 153 cm³/mol. The SMILES string of the molecule is CC[C@H](C)[C@H](Nc1ncccn1)C(=O)NC(CCC(=O)OCc1ccccc1)C(=O)N1c2ncccc2CC1C(=O)O. The Morgan fingerprint density at radius 1 is 1.02 bits per heavy atom. The van der Waals surface area contributed by atoms with E-state index in [1.54, 1.807) is 18.2 Å². The highest BCUT2D eigenvalue weighted by atomic mass is 16.5. The highest BCUT2D eigenvalue weighted by molar-refractivity contribution is 6.05. The van der Waals surface area contributed by atoms with Gasteiger partial charge in [0.25, 0.3) is 5.91 Å². The molecule has 3 heterocycles. The van der Waals surface area contributed by atoms with Crippen molar-refractivity contribution in [1.29, 1.82) is 0 Å². The number of rotatable bonds is 13.